The van der Waals surface area contributed by atoms with E-state index >= 15 is 0 Å². The molecule has 0 radical (unpaired) electrons. The first-order valence-electron chi connectivity index (χ1n) is 18.9. The van der Waals surface area contributed by atoms with Gasteiger partial charge in [-0.1, -0.05) is 127 Å². The minimum Gasteiger partial charge on any atom is -0.310 e. The Balaban J connectivity index is 1.13. The third-order valence-electron chi connectivity index (χ3n) is 11.1. The molecule has 0 unspecified atom stereocenters. The average molecular weight is 702 g/mol. The Morgan fingerprint density at radius 1 is 0.345 bits per heavy atom. The summed E-state index contributed by atoms with van der Waals surface area (Å²) in [5, 5.41) is 4.94. The molecule has 0 saturated carbocycles. The molecule has 3 nitrogen and oxygen atoms in total. The minimum atomic E-state index is 1.10. The lowest BCUT2D eigenvalue weighted by molar-refractivity contribution is 1.18. The van der Waals surface area contributed by atoms with E-state index in [-0.39, 0.29) is 0 Å². The first-order valence-corrected chi connectivity index (χ1v) is 18.9. The van der Waals surface area contributed by atoms with Gasteiger partial charge < -0.3 is 14.4 Å². The highest BCUT2D eigenvalue weighted by Crippen LogP contribution is 2.51. The second-order valence-corrected chi connectivity index (χ2v) is 14.2. The summed E-state index contributed by atoms with van der Waals surface area (Å²) < 4.78 is 2.40. The number of hydrogen-bond acceptors (Lipinski definition) is 2. The summed E-state index contributed by atoms with van der Waals surface area (Å²) in [6.45, 7) is 0. The third kappa shape index (κ3) is 5.05. The van der Waals surface area contributed by atoms with E-state index in [0.29, 0.717) is 0 Å². The molecule has 0 atom stereocenters. The quantitative estimate of drug-likeness (QED) is 0.171. The molecule has 2 heterocycles. The SMILES string of the molecule is c1ccc(-c2ccc(N(c3ccccc3)c3ccc4c(c3)c3cc(N5c6ccccc6-c6cccc7cccc5c67)ccc3n4-c3ccccc3)cc2)cc1. The number of hydrogen-bond donors (Lipinski definition) is 0. The molecule has 11 rings (SSSR count). The fourth-order valence-corrected chi connectivity index (χ4v) is 8.63. The second kappa shape index (κ2) is 12.6. The van der Waals surface area contributed by atoms with Crippen LogP contribution in [0.3, 0.4) is 0 Å². The van der Waals surface area contributed by atoms with Gasteiger partial charge in [-0.15, -0.1) is 0 Å². The molecule has 0 fully saturated rings. The van der Waals surface area contributed by atoms with Gasteiger partial charge in [0.2, 0.25) is 0 Å². The highest BCUT2D eigenvalue weighted by atomic mass is 15.2. The van der Waals surface area contributed by atoms with Crippen LogP contribution >= 0.6 is 0 Å². The van der Waals surface area contributed by atoms with E-state index in [0.717, 1.165) is 28.4 Å². The van der Waals surface area contributed by atoms with Gasteiger partial charge in [0.05, 0.1) is 22.4 Å². The van der Waals surface area contributed by atoms with Gasteiger partial charge >= 0.3 is 0 Å². The molecule has 9 aromatic carbocycles. The van der Waals surface area contributed by atoms with Gasteiger partial charge in [-0.25, -0.2) is 0 Å². The van der Waals surface area contributed by atoms with Crippen LogP contribution in [0.1, 0.15) is 0 Å². The van der Waals surface area contributed by atoms with Crippen molar-refractivity contribution >= 4 is 66.7 Å². The van der Waals surface area contributed by atoms with Crippen molar-refractivity contribution in [2.24, 2.45) is 0 Å². The Morgan fingerprint density at radius 3 is 1.69 bits per heavy atom. The van der Waals surface area contributed by atoms with Crippen LogP contribution in [0.4, 0.5) is 34.1 Å². The van der Waals surface area contributed by atoms with Crippen molar-refractivity contribution in [2.45, 2.75) is 0 Å². The fourth-order valence-electron chi connectivity index (χ4n) is 8.63. The van der Waals surface area contributed by atoms with Crippen molar-refractivity contribution in [3.05, 3.63) is 212 Å². The first kappa shape index (κ1) is 31.2. The number of fused-ring (bicyclic) bond motifs is 5. The molecule has 0 saturated heterocycles. The Hall–Kier alpha value is -7.36. The Morgan fingerprint density at radius 2 is 0.909 bits per heavy atom. The highest BCUT2D eigenvalue weighted by Gasteiger charge is 2.26. The Bertz CT molecular complexity index is 3020. The predicted octanol–water partition coefficient (Wildman–Crippen LogP) is 14.5. The third-order valence-corrected chi connectivity index (χ3v) is 11.1. The topological polar surface area (TPSA) is 11.4 Å². The van der Waals surface area contributed by atoms with Gasteiger partial charge in [0.15, 0.2) is 0 Å². The predicted molar refractivity (Wildman–Crippen MR) is 232 cm³/mol. The zero-order valence-corrected chi connectivity index (χ0v) is 30.0. The van der Waals surface area contributed by atoms with Crippen LogP contribution in [0.2, 0.25) is 0 Å². The van der Waals surface area contributed by atoms with Crippen LogP contribution < -0.4 is 9.80 Å². The van der Waals surface area contributed by atoms with E-state index in [9.17, 15) is 0 Å². The maximum Gasteiger partial charge on any atom is 0.0546 e. The van der Waals surface area contributed by atoms with E-state index < -0.39 is 0 Å². The van der Waals surface area contributed by atoms with Crippen LogP contribution in [0.15, 0.2) is 212 Å². The Labute approximate surface area is 320 Å². The second-order valence-electron chi connectivity index (χ2n) is 14.2. The number of anilines is 6. The van der Waals surface area contributed by atoms with Crippen LogP contribution in [0.25, 0.3) is 60.5 Å². The summed E-state index contributed by atoms with van der Waals surface area (Å²) in [6.07, 6.45) is 0. The van der Waals surface area contributed by atoms with Crippen molar-refractivity contribution in [3.63, 3.8) is 0 Å². The van der Waals surface area contributed by atoms with Crippen molar-refractivity contribution in [1.82, 2.24) is 4.57 Å². The zero-order chi connectivity index (χ0) is 36.3. The van der Waals surface area contributed by atoms with Crippen LogP contribution in [0, 0.1) is 0 Å². The summed E-state index contributed by atoms with van der Waals surface area (Å²) in [4.78, 5) is 4.81. The van der Waals surface area contributed by atoms with Crippen molar-refractivity contribution in [1.29, 1.82) is 0 Å². The van der Waals surface area contributed by atoms with Gasteiger partial charge in [0.1, 0.15) is 0 Å². The smallest absolute Gasteiger partial charge is 0.0546 e. The van der Waals surface area contributed by atoms with Gasteiger partial charge in [0.25, 0.3) is 0 Å². The summed E-state index contributed by atoms with van der Waals surface area (Å²) >= 11 is 0. The summed E-state index contributed by atoms with van der Waals surface area (Å²) in [5.41, 5.74) is 15.3. The lowest BCUT2D eigenvalue weighted by Gasteiger charge is -2.33. The molecule has 0 spiro atoms. The Kier molecular flexibility index (Phi) is 7.17. The maximum absolute atomic E-state index is 2.45. The summed E-state index contributed by atoms with van der Waals surface area (Å²) in [7, 11) is 0. The van der Waals surface area contributed by atoms with E-state index in [2.05, 4.69) is 227 Å². The molecule has 0 N–H and O–H groups in total. The summed E-state index contributed by atoms with van der Waals surface area (Å²) in [5.74, 6) is 0. The first-order chi connectivity index (χ1) is 27.3. The number of benzene rings is 9. The molecule has 0 bridgehead atoms. The largest absolute Gasteiger partial charge is 0.310 e. The molecule has 0 amide bonds. The van der Waals surface area contributed by atoms with Gasteiger partial charge in [-0.2, -0.15) is 0 Å². The standard InChI is InChI=1S/C52H35N3/c1-4-14-36(15-5-1)37-26-28-41(29-27-37)53(39-18-6-2-7-19-39)42-30-32-49-46(34-42)47-35-43(31-33-50(47)54(49)40-20-8-3-9-21-40)55-48-24-11-10-22-44(48)45-23-12-16-38-17-13-25-51(55)52(38)45/h1-35H. The number of aromatic nitrogens is 1. The molecule has 10 aromatic rings. The van der Waals surface area contributed by atoms with Crippen LogP contribution in [0.5, 0.6) is 0 Å². The molecule has 0 aliphatic carbocycles. The van der Waals surface area contributed by atoms with Crippen molar-refractivity contribution < 1.29 is 0 Å². The highest BCUT2D eigenvalue weighted by molar-refractivity contribution is 6.16. The monoisotopic (exact) mass is 701 g/mol. The lowest BCUT2D eigenvalue weighted by Crippen LogP contribution is -2.14. The normalized spacial score (nSPS) is 12.0. The van der Waals surface area contributed by atoms with E-state index in [1.54, 1.807) is 0 Å². The molecule has 1 aliphatic heterocycles. The number of rotatable bonds is 6. The molecular formula is C52H35N3. The van der Waals surface area contributed by atoms with Gasteiger partial charge in [0, 0.05) is 50.2 Å². The zero-order valence-electron chi connectivity index (χ0n) is 30.0. The summed E-state index contributed by atoms with van der Waals surface area (Å²) in [6, 6.07) is 76.9. The van der Waals surface area contributed by atoms with Crippen LogP contribution in [-0.2, 0) is 0 Å². The molecule has 55 heavy (non-hydrogen) atoms. The molecule has 1 aliphatic rings. The molecule has 258 valence electrons. The molecule has 3 heteroatoms. The van der Waals surface area contributed by atoms with Gasteiger partial charge in [-0.3, -0.25) is 0 Å². The average Bonchev–Trinajstić information content (AvgIpc) is 3.58. The van der Waals surface area contributed by atoms with Crippen molar-refractivity contribution in [2.75, 3.05) is 9.80 Å². The van der Waals surface area contributed by atoms with Gasteiger partial charge in [-0.05, 0) is 107 Å². The lowest BCUT2D eigenvalue weighted by atomic mass is 9.91. The van der Waals surface area contributed by atoms with E-state index in [1.807, 2.05) is 0 Å². The number of nitrogens with zero attached hydrogens (tertiary/aromatic N) is 3. The van der Waals surface area contributed by atoms with Crippen LogP contribution in [-0.4, -0.2) is 4.57 Å². The maximum atomic E-state index is 2.45. The van der Waals surface area contributed by atoms with E-state index in [4.69, 9.17) is 0 Å². The number of para-hydroxylation sites is 3. The molecular weight excluding hydrogens is 667 g/mol. The molecule has 1 aromatic heterocycles. The van der Waals surface area contributed by atoms with E-state index in [1.165, 1.54) is 66.2 Å². The van der Waals surface area contributed by atoms with Crippen molar-refractivity contribution in [3.8, 4) is 27.9 Å². The fraction of sp³-hybridized carbons (Fsp3) is 0. The minimum absolute atomic E-state index is 1.10.